The average Bonchev–Trinajstić information content (AvgIpc) is 3.30. The van der Waals surface area contributed by atoms with Gasteiger partial charge in [0.05, 0.1) is 5.01 Å². The maximum Gasteiger partial charge on any atom is 0.191 e. The highest BCUT2D eigenvalue weighted by Crippen LogP contribution is 2.19. The molecule has 1 aliphatic rings. The fourth-order valence-electron chi connectivity index (χ4n) is 3.26. The molecule has 1 aliphatic heterocycles. The first-order valence-electron chi connectivity index (χ1n) is 9.43. The maximum atomic E-state index is 4.52. The number of halogens is 1. The normalized spacial score (nSPS) is 16.9. The highest BCUT2D eigenvalue weighted by Gasteiger charge is 2.23. The van der Waals surface area contributed by atoms with Gasteiger partial charge in [-0.2, -0.15) is 0 Å². The Morgan fingerprint density at radius 1 is 1.30 bits per heavy atom. The van der Waals surface area contributed by atoms with Crippen molar-refractivity contribution in [2.24, 2.45) is 4.99 Å². The Bertz CT molecular complexity index is 703. The average molecular weight is 499 g/mol. The van der Waals surface area contributed by atoms with E-state index in [1.807, 2.05) is 7.05 Å². The molecule has 0 amide bonds. The van der Waals surface area contributed by atoms with Crippen LogP contribution in [-0.2, 0) is 6.42 Å². The molecule has 0 saturated carbocycles. The van der Waals surface area contributed by atoms with Gasteiger partial charge in [-0.25, -0.2) is 4.98 Å². The number of guanidine groups is 1. The molecule has 148 valence electrons. The number of hydrogen-bond donors (Lipinski definition) is 2. The largest absolute Gasteiger partial charge is 0.369 e. The summed E-state index contributed by atoms with van der Waals surface area (Å²) in [6, 6.07) is 11.1. The lowest BCUT2D eigenvalue weighted by Gasteiger charge is -2.20. The number of thiazole rings is 1. The number of nitrogens with one attached hydrogen (secondary N) is 2. The third-order valence-electron chi connectivity index (χ3n) is 4.65. The third-order valence-corrected chi connectivity index (χ3v) is 5.68. The van der Waals surface area contributed by atoms with Gasteiger partial charge >= 0.3 is 0 Å². The fraction of sp³-hybridized carbons (Fsp3) is 0.500. The molecule has 2 heterocycles. The number of rotatable bonds is 7. The van der Waals surface area contributed by atoms with E-state index in [2.05, 4.69) is 68.1 Å². The van der Waals surface area contributed by atoms with Crippen LogP contribution in [0.3, 0.4) is 0 Å². The Hall–Kier alpha value is -1.35. The number of aromatic nitrogens is 1. The van der Waals surface area contributed by atoms with Crippen LogP contribution in [-0.4, -0.2) is 43.7 Å². The zero-order chi connectivity index (χ0) is 18.2. The third kappa shape index (κ3) is 6.95. The summed E-state index contributed by atoms with van der Waals surface area (Å²) >= 11 is 1.77. The SMILES string of the molecule is CN=C(NCCCCc1nc(C)cs1)NC1CCN(c2ccccc2)C1.I. The van der Waals surface area contributed by atoms with Crippen LogP contribution in [0.5, 0.6) is 0 Å². The van der Waals surface area contributed by atoms with Crippen LogP contribution in [0.1, 0.15) is 30.0 Å². The number of aryl methyl sites for hydroxylation is 2. The summed E-state index contributed by atoms with van der Waals surface area (Å²) in [5.41, 5.74) is 2.44. The van der Waals surface area contributed by atoms with Crippen molar-refractivity contribution in [3.63, 3.8) is 0 Å². The van der Waals surface area contributed by atoms with E-state index >= 15 is 0 Å². The van der Waals surface area contributed by atoms with E-state index in [9.17, 15) is 0 Å². The van der Waals surface area contributed by atoms with E-state index in [1.165, 1.54) is 10.7 Å². The zero-order valence-electron chi connectivity index (χ0n) is 16.1. The fourth-order valence-corrected chi connectivity index (χ4v) is 4.08. The Morgan fingerprint density at radius 3 is 2.81 bits per heavy atom. The van der Waals surface area contributed by atoms with Crippen molar-refractivity contribution in [3.8, 4) is 0 Å². The smallest absolute Gasteiger partial charge is 0.191 e. The predicted molar refractivity (Wildman–Crippen MR) is 127 cm³/mol. The number of anilines is 1. The predicted octanol–water partition coefficient (Wildman–Crippen LogP) is 3.84. The molecule has 27 heavy (non-hydrogen) atoms. The second-order valence-corrected chi connectivity index (χ2v) is 7.69. The Morgan fingerprint density at radius 2 is 2.11 bits per heavy atom. The summed E-state index contributed by atoms with van der Waals surface area (Å²) in [6.45, 7) is 5.11. The highest BCUT2D eigenvalue weighted by molar-refractivity contribution is 14.0. The van der Waals surface area contributed by atoms with E-state index in [1.54, 1.807) is 11.3 Å². The van der Waals surface area contributed by atoms with Crippen LogP contribution in [0.4, 0.5) is 5.69 Å². The lowest BCUT2D eigenvalue weighted by atomic mass is 10.2. The number of aliphatic imine (C=N–C) groups is 1. The maximum absolute atomic E-state index is 4.52. The van der Waals surface area contributed by atoms with Crippen molar-refractivity contribution in [1.82, 2.24) is 15.6 Å². The van der Waals surface area contributed by atoms with Crippen molar-refractivity contribution >= 4 is 47.0 Å². The van der Waals surface area contributed by atoms with Gasteiger partial charge in [0, 0.05) is 49.5 Å². The Kier molecular flexibility index (Phi) is 9.33. The van der Waals surface area contributed by atoms with Crippen LogP contribution in [0, 0.1) is 6.92 Å². The van der Waals surface area contributed by atoms with Gasteiger partial charge in [-0.3, -0.25) is 4.99 Å². The molecule has 3 rings (SSSR count). The summed E-state index contributed by atoms with van der Waals surface area (Å²) in [4.78, 5) is 11.3. The van der Waals surface area contributed by atoms with Crippen molar-refractivity contribution in [1.29, 1.82) is 0 Å². The minimum Gasteiger partial charge on any atom is -0.369 e. The lowest BCUT2D eigenvalue weighted by molar-refractivity contribution is 0.636. The molecule has 1 saturated heterocycles. The first kappa shape index (κ1) is 21.9. The van der Waals surface area contributed by atoms with Gasteiger partial charge in [0.25, 0.3) is 0 Å². The summed E-state index contributed by atoms with van der Waals surface area (Å²) in [5.74, 6) is 0.912. The Labute approximate surface area is 183 Å². The van der Waals surface area contributed by atoms with Gasteiger partial charge in [0.15, 0.2) is 5.96 Å². The summed E-state index contributed by atoms with van der Waals surface area (Å²) < 4.78 is 0. The monoisotopic (exact) mass is 499 g/mol. The van der Waals surface area contributed by atoms with E-state index < -0.39 is 0 Å². The molecule has 1 aromatic heterocycles. The molecule has 7 heteroatoms. The van der Waals surface area contributed by atoms with E-state index in [0.29, 0.717) is 6.04 Å². The molecule has 5 nitrogen and oxygen atoms in total. The van der Waals surface area contributed by atoms with Gasteiger partial charge in [-0.1, -0.05) is 18.2 Å². The number of hydrogen-bond acceptors (Lipinski definition) is 4. The van der Waals surface area contributed by atoms with Gasteiger partial charge in [-0.15, -0.1) is 35.3 Å². The number of para-hydroxylation sites is 1. The molecule has 1 fully saturated rings. The molecular formula is C20H30IN5S. The van der Waals surface area contributed by atoms with Crippen molar-refractivity contribution < 1.29 is 0 Å². The second kappa shape index (κ2) is 11.5. The molecule has 1 unspecified atom stereocenters. The van der Waals surface area contributed by atoms with Crippen LogP contribution in [0.2, 0.25) is 0 Å². The van der Waals surface area contributed by atoms with E-state index in [0.717, 1.165) is 57.0 Å². The number of nitrogens with zero attached hydrogens (tertiary/aromatic N) is 3. The molecular weight excluding hydrogens is 469 g/mol. The summed E-state index contributed by atoms with van der Waals surface area (Å²) in [5, 5.41) is 10.4. The minimum atomic E-state index is 0. The quantitative estimate of drug-likeness (QED) is 0.263. The Balaban J connectivity index is 0.00000261. The first-order chi connectivity index (χ1) is 12.7. The van der Waals surface area contributed by atoms with E-state index in [4.69, 9.17) is 0 Å². The molecule has 0 bridgehead atoms. The van der Waals surface area contributed by atoms with Crippen LogP contribution >= 0.6 is 35.3 Å². The van der Waals surface area contributed by atoms with Crippen LogP contribution < -0.4 is 15.5 Å². The zero-order valence-corrected chi connectivity index (χ0v) is 19.3. The van der Waals surface area contributed by atoms with Crippen molar-refractivity contribution in [3.05, 3.63) is 46.4 Å². The summed E-state index contributed by atoms with van der Waals surface area (Å²) in [6.07, 6.45) is 4.49. The standard InChI is InChI=1S/C20H29N5S.HI/c1-16-15-26-19(23-16)10-6-7-12-22-20(21-2)24-17-11-13-25(14-17)18-8-4-3-5-9-18;/h3-5,8-9,15,17H,6-7,10-14H2,1-2H3,(H2,21,22,24);1H. The molecule has 1 aromatic carbocycles. The van der Waals surface area contributed by atoms with Crippen LogP contribution in [0.15, 0.2) is 40.7 Å². The molecule has 2 N–H and O–H groups in total. The molecule has 0 spiro atoms. The minimum absolute atomic E-state index is 0. The summed E-state index contributed by atoms with van der Waals surface area (Å²) in [7, 11) is 1.84. The second-order valence-electron chi connectivity index (χ2n) is 6.75. The van der Waals surface area contributed by atoms with Gasteiger partial charge in [0.1, 0.15) is 0 Å². The van der Waals surface area contributed by atoms with E-state index in [-0.39, 0.29) is 24.0 Å². The molecule has 0 aliphatic carbocycles. The lowest BCUT2D eigenvalue weighted by Crippen LogP contribution is -2.44. The highest BCUT2D eigenvalue weighted by atomic mass is 127. The topological polar surface area (TPSA) is 52.6 Å². The van der Waals surface area contributed by atoms with Crippen LogP contribution in [0.25, 0.3) is 0 Å². The number of unbranched alkanes of at least 4 members (excludes halogenated alkanes) is 1. The van der Waals surface area contributed by atoms with Gasteiger partial charge in [-0.05, 0) is 44.7 Å². The van der Waals surface area contributed by atoms with Crippen molar-refractivity contribution in [2.75, 3.05) is 31.6 Å². The molecule has 0 radical (unpaired) electrons. The number of benzene rings is 1. The molecule has 1 atom stereocenters. The van der Waals surface area contributed by atoms with Gasteiger partial charge < -0.3 is 15.5 Å². The first-order valence-corrected chi connectivity index (χ1v) is 10.3. The van der Waals surface area contributed by atoms with Crippen molar-refractivity contribution in [2.45, 2.75) is 38.6 Å². The molecule has 2 aromatic rings. The van der Waals surface area contributed by atoms with Gasteiger partial charge in [0.2, 0.25) is 0 Å².